The zero-order valence-corrected chi connectivity index (χ0v) is 11.4. The molecule has 0 aliphatic carbocycles. The van der Waals surface area contributed by atoms with Crippen molar-refractivity contribution in [3.8, 4) is 0 Å². The van der Waals surface area contributed by atoms with Crippen LogP contribution in [0.3, 0.4) is 0 Å². The first kappa shape index (κ1) is 1820. The van der Waals surface area contributed by atoms with E-state index in [1.165, 1.54) is 13.8 Å². The monoisotopic (exact) mass is 364 g/mol. The highest BCUT2D eigenvalue weighted by Crippen LogP contribution is 1.50. The van der Waals surface area contributed by atoms with E-state index in [0.717, 1.165) is 0 Å². The lowest BCUT2D eigenvalue weighted by molar-refractivity contribution is -0.115. The molecule has 18 nitrogen and oxygen atoms in total. The van der Waals surface area contributed by atoms with Gasteiger partial charge in [-0.05, 0) is 13.8 Å². The van der Waals surface area contributed by atoms with Gasteiger partial charge < -0.3 is 97.9 Å². The maximum atomic E-state index is 9.44. The average Bonchev–Trinajstić information content (AvgIpc) is 0.811. The molecule has 0 saturated carbocycles. The highest BCUT2D eigenvalue weighted by Gasteiger charge is 1.62. The van der Waals surface area contributed by atoms with E-state index in [1.54, 1.807) is 0 Å². The predicted molar refractivity (Wildman–Crippen MR) is 77.8 cm³/mol. The largest absolute Gasteiger partial charge is 0.412 e. The topological polar surface area (TPSA) is 553 Å². The molecule has 0 amide bonds. The highest BCUT2D eigenvalue weighted by molar-refractivity contribution is 5.72. The first-order valence-electron chi connectivity index (χ1n) is 1.20. The van der Waals surface area contributed by atoms with Gasteiger partial charge in [0.1, 0.15) is 5.78 Å². The van der Waals surface area contributed by atoms with Crippen LogP contribution in [0.25, 0.3) is 0 Å². The molecule has 0 saturated heterocycles. The summed E-state index contributed by atoms with van der Waals surface area (Å²) in [4.78, 5) is 9.44. The van der Waals surface area contributed by atoms with Gasteiger partial charge >= 0.3 is 0 Å². The molecule has 0 bridgehead atoms. The summed E-state index contributed by atoms with van der Waals surface area (Å²) < 4.78 is 0. The molecule has 0 aromatic rings. The van der Waals surface area contributed by atoms with Crippen LogP contribution >= 0.6 is 0 Å². The minimum atomic E-state index is 0. The summed E-state index contributed by atoms with van der Waals surface area (Å²) >= 11 is 0. The molecule has 0 atom stereocenters. The molecular formula is C3H40O18. The van der Waals surface area contributed by atoms with Crippen LogP contribution in [-0.4, -0.2) is 98.9 Å². The summed E-state index contributed by atoms with van der Waals surface area (Å²) in [7, 11) is 0. The quantitative estimate of drug-likeness (QED) is 0.396. The molecular weight excluding hydrogens is 324 g/mol. The highest BCUT2D eigenvalue weighted by atomic mass is 16.1. The van der Waals surface area contributed by atoms with E-state index < -0.39 is 0 Å². The second-order valence-corrected chi connectivity index (χ2v) is 0.908. The van der Waals surface area contributed by atoms with Crippen molar-refractivity contribution in [2.24, 2.45) is 0 Å². The Bertz CT molecular complexity index is 35.4. The minimum absolute atomic E-state index is 0. The van der Waals surface area contributed by atoms with Crippen molar-refractivity contribution >= 4 is 5.78 Å². The van der Waals surface area contributed by atoms with Crippen molar-refractivity contribution in [3.05, 3.63) is 0 Å². The van der Waals surface area contributed by atoms with Crippen LogP contribution in [0.4, 0.5) is 0 Å². The van der Waals surface area contributed by atoms with Crippen LogP contribution in [-0.2, 0) is 4.79 Å². The van der Waals surface area contributed by atoms with Crippen molar-refractivity contribution in [1.29, 1.82) is 0 Å². The van der Waals surface area contributed by atoms with Gasteiger partial charge in [-0.1, -0.05) is 0 Å². The fraction of sp³-hybridized carbons (Fsp3) is 0.667. The third-order valence-corrected chi connectivity index (χ3v) is 0. The third-order valence-electron chi connectivity index (χ3n) is 0. The second-order valence-electron chi connectivity index (χ2n) is 0.908. The Labute approximate surface area is 119 Å². The van der Waals surface area contributed by atoms with Gasteiger partial charge in [0.05, 0.1) is 0 Å². The Morgan fingerprint density at radius 1 is 0.333 bits per heavy atom. The molecule has 0 spiro atoms. The standard InChI is InChI=1S/C3H6O.17H2O/c1-3(2)4;;;;;;;;;;;;;;;;;/h1-2H3;17*1H2. The van der Waals surface area contributed by atoms with Crippen molar-refractivity contribution < 1.29 is 97.9 Å². The van der Waals surface area contributed by atoms with Crippen LogP contribution in [0.5, 0.6) is 0 Å². The van der Waals surface area contributed by atoms with E-state index in [-0.39, 0.29) is 98.9 Å². The van der Waals surface area contributed by atoms with E-state index in [4.69, 9.17) is 0 Å². The normalized spacial score (nSPS) is 1.24. The minimum Gasteiger partial charge on any atom is -0.412 e. The number of rotatable bonds is 0. The van der Waals surface area contributed by atoms with Gasteiger partial charge in [-0.15, -0.1) is 0 Å². The van der Waals surface area contributed by atoms with Crippen LogP contribution in [0.2, 0.25) is 0 Å². The van der Waals surface area contributed by atoms with Gasteiger partial charge in [0.15, 0.2) is 0 Å². The molecule has 0 aromatic heterocycles. The Morgan fingerprint density at radius 2 is 0.333 bits per heavy atom. The molecule has 0 aliphatic heterocycles. The molecule has 0 radical (unpaired) electrons. The smallest absolute Gasteiger partial charge is 0.126 e. The summed E-state index contributed by atoms with van der Waals surface area (Å²) in [6, 6.07) is 0. The Hall–Kier alpha value is -1.01. The van der Waals surface area contributed by atoms with Crippen molar-refractivity contribution in [2.45, 2.75) is 13.8 Å². The molecule has 0 fully saturated rings. The van der Waals surface area contributed by atoms with Gasteiger partial charge in [0.2, 0.25) is 0 Å². The third kappa shape index (κ3) is 5370. The molecule has 160 valence electrons. The predicted octanol–water partition coefficient (Wildman–Crippen LogP) is -13.4. The van der Waals surface area contributed by atoms with Gasteiger partial charge in [-0.2, -0.15) is 0 Å². The number of Topliss-reactive ketones (excluding diaryl/α,β-unsaturated/α-hetero) is 1. The molecule has 0 aliphatic rings. The van der Waals surface area contributed by atoms with E-state index >= 15 is 0 Å². The van der Waals surface area contributed by atoms with Gasteiger partial charge in [0.25, 0.3) is 0 Å². The van der Waals surface area contributed by atoms with Crippen molar-refractivity contribution in [3.63, 3.8) is 0 Å². The zero-order valence-electron chi connectivity index (χ0n) is 11.4. The van der Waals surface area contributed by atoms with E-state index in [1.807, 2.05) is 0 Å². The molecule has 18 heteroatoms. The van der Waals surface area contributed by atoms with Crippen molar-refractivity contribution in [2.75, 3.05) is 0 Å². The summed E-state index contributed by atoms with van der Waals surface area (Å²) in [5.74, 6) is 0.167. The Morgan fingerprint density at radius 3 is 0.333 bits per heavy atom. The van der Waals surface area contributed by atoms with Crippen LogP contribution in [0.15, 0.2) is 0 Å². The van der Waals surface area contributed by atoms with Crippen molar-refractivity contribution in [1.82, 2.24) is 0 Å². The maximum Gasteiger partial charge on any atom is 0.126 e. The van der Waals surface area contributed by atoms with E-state index in [0.29, 0.717) is 0 Å². The Balaban J connectivity index is -0.000000000331. The first-order chi connectivity index (χ1) is 1.73. The van der Waals surface area contributed by atoms with E-state index in [9.17, 15) is 4.79 Å². The molecule has 34 N–H and O–H groups in total. The number of carbonyl (C=O) groups is 1. The number of ketones is 1. The molecule has 0 unspecified atom stereocenters. The zero-order chi connectivity index (χ0) is 3.58. The fourth-order valence-electron chi connectivity index (χ4n) is 0. The van der Waals surface area contributed by atoms with Gasteiger partial charge in [0, 0.05) is 0 Å². The van der Waals surface area contributed by atoms with Crippen LogP contribution < -0.4 is 0 Å². The second kappa shape index (κ2) is 1550. The molecule has 0 rings (SSSR count). The SMILES string of the molecule is CC(C)=O.O.O.O.O.O.O.O.O.O.O.O.O.O.O.O.O.O. The van der Waals surface area contributed by atoms with Gasteiger partial charge in [-0.25, -0.2) is 0 Å². The fourth-order valence-corrected chi connectivity index (χ4v) is 0. The summed E-state index contributed by atoms with van der Waals surface area (Å²) in [5.41, 5.74) is 0. The summed E-state index contributed by atoms with van der Waals surface area (Å²) in [6.07, 6.45) is 0. The van der Waals surface area contributed by atoms with E-state index in [2.05, 4.69) is 0 Å². The summed E-state index contributed by atoms with van der Waals surface area (Å²) in [5, 5.41) is 0. The molecule has 0 aromatic carbocycles. The molecule has 0 heterocycles. The Kier molecular flexibility index (Phi) is 135000. The lowest BCUT2D eigenvalue weighted by Crippen LogP contribution is -1.69. The lowest BCUT2D eigenvalue weighted by atomic mass is 10.6. The average molecular weight is 364 g/mol. The number of hydrogen-bond acceptors (Lipinski definition) is 1. The molecule has 21 heavy (non-hydrogen) atoms. The van der Waals surface area contributed by atoms with Crippen LogP contribution in [0.1, 0.15) is 13.8 Å². The number of hydrogen-bond donors (Lipinski definition) is 0. The summed E-state index contributed by atoms with van der Waals surface area (Å²) in [6.45, 7) is 3.06. The maximum absolute atomic E-state index is 9.44. The lowest BCUT2D eigenvalue weighted by Gasteiger charge is -1.56. The first-order valence-corrected chi connectivity index (χ1v) is 1.20. The number of carbonyl (C=O) groups excluding carboxylic acids is 1. The van der Waals surface area contributed by atoms with Gasteiger partial charge in [-0.3, -0.25) is 0 Å². The van der Waals surface area contributed by atoms with Crippen LogP contribution in [0, 0.1) is 0 Å².